The molecule has 0 fully saturated rings. The van der Waals surface area contributed by atoms with Crippen LogP contribution in [0.25, 0.3) is 0 Å². The molecule has 0 saturated heterocycles. The summed E-state index contributed by atoms with van der Waals surface area (Å²) in [6, 6.07) is 11.8. The van der Waals surface area contributed by atoms with Gasteiger partial charge in [-0.25, -0.2) is 0 Å². The molecule has 0 aliphatic carbocycles. The Hall–Kier alpha value is -2.43. The van der Waals surface area contributed by atoms with Gasteiger partial charge >= 0.3 is 0 Å². The van der Waals surface area contributed by atoms with Gasteiger partial charge in [0.15, 0.2) is 17.3 Å². The predicted molar refractivity (Wildman–Crippen MR) is 58.8 cm³/mol. The number of nitroso groups, excluding NO2 is 1. The summed E-state index contributed by atoms with van der Waals surface area (Å²) in [5, 5.41) is 10.8. The lowest BCUT2D eigenvalue weighted by atomic mass is 10.3. The van der Waals surface area contributed by atoms with E-state index in [-0.39, 0.29) is 0 Å². The van der Waals surface area contributed by atoms with E-state index in [9.17, 15) is 10.1 Å². The number of benzene rings is 1. The molecule has 0 amide bonds. The molecule has 0 unspecified atom stereocenters. The Balaban J connectivity index is 2.11. The fourth-order valence-electron chi connectivity index (χ4n) is 1.23. The molecule has 0 aliphatic heterocycles. The Morgan fingerprint density at radius 2 is 1.69 bits per heavy atom. The summed E-state index contributed by atoms with van der Waals surface area (Å²) in [7, 11) is 0. The largest absolute Gasteiger partial charge is 0.619 e. The number of pyridine rings is 1. The first kappa shape index (κ1) is 10.1. The van der Waals surface area contributed by atoms with E-state index in [4.69, 9.17) is 0 Å². The highest BCUT2D eigenvalue weighted by Gasteiger charge is 2.12. The van der Waals surface area contributed by atoms with E-state index < -0.39 is 0 Å². The molecule has 2 rings (SSSR count). The average Bonchev–Trinajstić information content (AvgIpc) is 2.33. The maximum Gasteiger partial charge on any atom is 0.292 e. The Kier molecular flexibility index (Phi) is 2.77. The van der Waals surface area contributed by atoms with Crippen molar-refractivity contribution in [2.24, 2.45) is 0 Å². The van der Waals surface area contributed by atoms with E-state index in [2.05, 4.69) is 5.43 Å². The maximum atomic E-state index is 11.6. The van der Waals surface area contributed by atoms with Crippen molar-refractivity contribution in [2.75, 3.05) is 5.43 Å². The first-order valence-corrected chi connectivity index (χ1v) is 4.73. The summed E-state index contributed by atoms with van der Waals surface area (Å²) in [6.07, 6.45) is 2.64. The molecule has 0 saturated carbocycles. The number of nitrogens with one attached hydrogen (secondary N) is 1. The summed E-state index contributed by atoms with van der Waals surface area (Å²) < 4.78 is 0.656. The molecule has 0 radical (unpaired) electrons. The lowest BCUT2D eigenvalue weighted by molar-refractivity contribution is -0.605. The molecule has 0 aliphatic rings. The monoisotopic (exact) mass is 216 g/mol. The van der Waals surface area contributed by atoms with Crippen LogP contribution in [0, 0.1) is 10.1 Å². The van der Waals surface area contributed by atoms with Gasteiger partial charge in [-0.15, -0.1) is 5.43 Å². The molecular formula is C11H10N3O2+. The van der Waals surface area contributed by atoms with Crippen LogP contribution in [0.1, 0.15) is 0 Å². The van der Waals surface area contributed by atoms with E-state index in [1.807, 2.05) is 6.07 Å². The Bertz CT molecular complexity index is 482. The summed E-state index contributed by atoms with van der Waals surface area (Å²) in [4.78, 5) is 12.3. The minimum atomic E-state index is 0.501. The molecule has 0 atom stereocenters. The van der Waals surface area contributed by atoms with Crippen molar-refractivity contribution in [3.63, 3.8) is 0 Å². The molecule has 80 valence electrons. The number of nitrogens with zero attached hydrogens (tertiary/aromatic N) is 2. The smallest absolute Gasteiger partial charge is 0.292 e. The van der Waals surface area contributed by atoms with Crippen LogP contribution in [-0.2, 0) is 0 Å². The molecule has 1 heterocycles. The maximum absolute atomic E-state index is 11.6. The number of rotatable bonds is 3. The zero-order valence-electron chi connectivity index (χ0n) is 8.41. The van der Waals surface area contributed by atoms with Gasteiger partial charge < -0.3 is 5.21 Å². The second kappa shape index (κ2) is 4.39. The van der Waals surface area contributed by atoms with Crippen molar-refractivity contribution in [3.8, 4) is 0 Å². The van der Waals surface area contributed by atoms with Crippen LogP contribution in [0.2, 0.25) is 0 Å². The predicted octanol–water partition coefficient (Wildman–Crippen LogP) is 1.76. The van der Waals surface area contributed by atoms with Gasteiger partial charge in [-0.2, -0.15) is 4.73 Å². The van der Waals surface area contributed by atoms with Gasteiger partial charge in [0.1, 0.15) is 5.69 Å². The van der Waals surface area contributed by atoms with Gasteiger partial charge in [0.05, 0.1) is 4.91 Å². The first-order chi connectivity index (χ1) is 7.75. The SMILES string of the molecule is O=[N+](Nc1cc[n+]([O-])cc1)c1ccccc1. The molecule has 0 spiro atoms. The van der Waals surface area contributed by atoms with E-state index >= 15 is 0 Å². The van der Waals surface area contributed by atoms with Crippen molar-refractivity contribution >= 4 is 11.4 Å². The second-order valence-corrected chi connectivity index (χ2v) is 3.19. The van der Waals surface area contributed by atoms with Crippen molar-refractivity contribution in [2.45, 2.75) is 0 Å². The zero-order valence-corrected chi connectivity index (χ0v) is 8.41. The van der Waals surface area contributed by atoms with Gasteiger partial charge in [0, 0.05) is 24.3 Å². The molecule has 16 heavy (non-hydrogen) atoms. The quantitative estimate of drug-likeness (QED) is 0.483. The lowest BCUT2D eigenvalue weighted by Crippen LogP contribution is -2.24. The van der Waals surface area contributed by atoms with Crippen LogP contribution in [0.5, 0.6) is 0 Å². The third-order valence-corrected chi connectivity index (χ3v) is 2.02. The Morgan fingerprint density at radius 3 is 2.31 bits per heavy atom. The first-order valence-electron chi connectivity index (χ1n) is 4.73. The highest BCUT2D eigenvalue weighted by atomic mass is 16.5. The van der Waals surface area contributed by atoms with Crippen LogP contribution in [0.15, 0.2) is 54.9 Å². The van der Waals surface area contributed by atoms with Crippen LogP contribution in [0.3, 0.4) is 0 Å². The number of hydrogen-bond acceptors (Lipinski definition) is 2. The summed E-state index contributed by atoms with van der Waals surface area (Å²) in [5.41, 5.74) is 3.67. The topological polar surface area (TPSA) is 59.0 Å². The molecule has 1 aromatic carbocycles. The molecule has 1 N–H and O–H groups in total. The summed E-state index contributed by atoms with van der Waals surface area (Å²) in [6.45, 7) is 0. The van der Waals surface area contributed by atoms with Crippen LogP contribution < -0.4 is 10.2 Å². The number of aromatic nitrogens is 1. The van der Waals surface area contributed by atoms with Crippen LogP contribution >= 0.6 is 0 Å². The standard InChI is InChI=1S/C11H10N3O2/c15-13-8-6-10(7-9-13)12-14(16)11-4-2-1-3-5-11/h1-9H,(H,12,16)/q+1. The molecule has 5 nitrogen and oxygen atoms in total. The molecular weight excluding hydrogens is 206 g/mol. The minimum absolute atomic E-state index is 0.501. The van der Waals surface area contributed by atoms with Gasteiger partial charge in [0.25, 0.3) is 5.69 Å². The van der Waals surface area contributed by atoms with E-state index in [0.717, 1.165) is 0 Å². The number of hydrogen-bond donors (Lipinski definition) is 1. The fourth-order valence-corrected chi connectivity index (χ4v) is 1.23. The third-order valence-electron chi connectivity index (χ3n) is 2.02. The molecule has 2 aromatic rings. The van der Waals surface area contributed by atoms with Crippen LogP contribution in [0.4, 0.5) is 11.4 Å². The zero-order chi connectivity index (χ0) is 11.4. The Morgan fingerprint density at radius 1 is 1.06 bits per heavy atom. The molecule has 5 heteroatoms. The average molecular weight is 216 g/mol. The van der Waals surface area contributed by atoms with Crippen LogP contribution in [-0.4, -0.2) is 4.87 Å². The van der Waals surface area contributed by atoms with Gasteiger partial charge in [-0.3, -0.25) is 0 Å². The van der Waals surface area contributed by atoms with Gasteiger partial charge in [0.2, 0.25) is 0 Å². The number of anilines is 1. The highest BCUT2D eigenvalue weighted by Crippen LogP contribution is 2.11. The third kappa shape index (κ3) is 2.33. The number of para-hydroxylation sites is 1. The fraction of sp³-hybridized carbons (Fsp3) is 0. The van der Waals surface area contributed by atoms with E-state index in [0.29, 0.717) is 21.0 Å². The van der Waals surface area contributed by atoms with Crippen molar-refractivity contribution in [3.05, 3.63) is 65.0 Å². The molecule has 1 aromatic heterocycles. The van der Waals surface area contributed by atoms with Gasteiger partial charge in [-0.05, 0) is 0 Å². The lowest BCUT2D eigenvalue weighted by Gasteiger charge is -1.97. The second-order valence-electron chi connectivity index (χ2n) is 3.19. The van der Waals surface area contributed by atoms with E-state index in [1.165, 1.54) is 24.5 Å². The molecule has 0 bridgehead atoms. The van der Waals surface area contributed by atoms with E-state index in [1.54, 1.807) is 24.3 Å². The van der Waals surface area contributed by atoms with Crippen molar-refractivity contribution < 1.29 is 9.60 Å². The van der Waals surface area contributed by atoms with Crippen molar-refractivity contribution in [1.29, 1.82) is 0 Å². The summed E-state index contributed by atoms with van der Waals surface area (Å²) in [5.74, 6) is 0. The number of hydrazine groups is 1. The van der Waals surface area contributed by atoms with Gasteiger partial charge in [-0.1, -0.05) is 18.2 Å². The Labute approximate surface area is 92.1 Å². The summed E-state index contributed by atoms with van der Waals surface area (Å²) >= 11 is 0. The normalized spacial score (nSPS) is 9.75. The van der Waals surface area contributed by atoms with Crippen molar-refractivity contribution in [1.82, 2.24) is 0 Å². The highest BCUT2D eigenvalue weighted by molar-refractivity contribution is 5.38. The minimum Gasteiger partial charge on any atom is -0.619 e.